The molecule has 1 rings (SSSR count). The highest BCUT2D eigenvalue weighted by Gasteiger charge is 2.18. The molecule has 0 saturated carbocycles. The summed E-state index contributed by atoms with van der Waals surface area (Å²) in [5, 5.41) is 0. The number of thioether (sulfide) groups is 1. The van der Waals surface area contributed by atoms with Crippen LogP contribution in [0.5, 0.6) is 5.75 Å². The van der Waals surface area contributed by atoms with E-state index in [4.69, 9.17) is 15.2 Å². The van der Waals surface area contributed by atoms with Crippen LogP contribution in [-0.4, -0.2) is 51.0 Å². The summed E-state index contributed by atoms with van der Waals surface area (Å²) in [6.07, 6.45) is 2.00. The molecule has 1 aromatic rings. The number of nitrogens with zero attached hydrogens (tertiary/aromatic N) is 1. The number of likely N-dealkylation sites (N-methyl/N-ethyl adjacent to an activating group) is 1. The molecule has 1 aromatic carbocycles. The van der Waals surface area contributed by atoms with Crippen LogP contribution in [-0.2, 0) is 16.1 Å². The number of amides is 1. The number of methoxy groups -OCH3 is 2. The number of nitrogens with two attached hydrogens (primary N) is 1. The molecule has 0 bridgehead atoms. The van der Waals surface area contributed by atoms with Crippen LogP contribution in [0.4, 0.5) is 0 Å². The number of carbonyl (C=O) groups excluding carboxylic acids is 1. The first kappa shape index (κ1) is 20.1. The highest BCUT2D eigenvalue weighted by molar-refractivity contribution is 7.98. The summed E-state index contributed by atoms with van der Waals surface area (Å²) in [6.45, 7) is 0.708. The van der Waals surface area contributed by atoms with Crippen LogP contribution < -0.4 is 10.5 Å². The van der Waals surface area contributed by atoms with Gasteiger partial charge in [-0.2, -0.15) is 0 Å². The summed E-state index contributed by atoms with van der Waals surface area (Å²) in [5.41, 5.74) is 6.74. The lowest BCUT2D eigenvalue weighted by Gasteiger charge is -2.21. The lowest BCUT2D eigenvalue weighted by Crippen LogP contribution is -2.44. The Morgan fingerprint density at radius 2 is 2.10 bits per heavy atom. The lowest BCUT2D eigenvalue weighted by molar-refractivity contribution is -0.132. The van der Waals surface area contributed by atoms with Gasteiger partial charge in [-0.3, -0.25) is 4.79 Å². The van der Waals surface area contributed by atoms with E-state index in [2.05, 4.69) is 0 Å². The molecule has 120 valence electrons. The number of hydrogen-bond acceptors (Lipinski definition) is 5. The van der Waals surface area contributed by atoms with Gasteiger partial charge in [-0.05, 0) is 24.0 Å². The maximum Gasteiger partial charge on any atom is 0.241 e. The zero-order valence-electron chi connectivity index (χ0n) is 12.8. The Balaban J connectivity index is 0.00000400. The standard InChI is InChI=1S/C14H22N2O3S.ClH/c1-16(14(17)11(15)9-18-2)8-10-5-6-13(20-4)12(7-10)19-3;/h5-7,11H,8-9,15H2,1-4H3;1H. The second-order valence-electron chi connectivity index (χ2n) is 4.45. The molecule has 0 aliphatic carbocycles. The van der Waals surface area contributed by atoms with Crippen molar-refractivity contribution in [3.8, 4) is 5.75 Å². The van der Waals surface area contributed by atoms with Crippen LogP contribution >= 0.6 is 24.2 Å². The molecule has 1 atom stereocenters. The molecule has 0 radical (unpaired) electrons. The fourth-order valence-electron chi connectivity index (χ4n) is 1.86. The van der Waals surface area contributed by atoms with Crippen LogP contribution in [0.3, 0.4) is 0 Å². The van der Waals surface area contributed by atoms with Crippen molar-refractivity contribution in [1.29, 1.82) is 0 Å². The summed E-state index contributed by atoms with van der Waals surface area (Å²) in [6, 6.07) is 5.29. The van der Waals surface area contributed by atoms with Gasteiger partial charge in [-0.25, -0.2) is 0 Å². The van der Waals surface area contributed by atoms with E-state index in [1.165, 1.54) is 7.11 Å². The normalized spacial score (nSPS) is 11.5. The van der Waals surface area contributed by atoms with Gasteiger partial charge < -0.3 is 20.1 Å². The quantitative estimate of drug-likeness (QED) is 0.770. The van der Waals surface area contributed by atoms with Crippen LogP contribution in [0, 0.1) is 0 Å². The maximum absolute atomic E-state index is 12.0. The van der Waals surface area contributed by atoms with Gasteiger partial charge in [0.1, 0.15) is 11.8 Å². The van der Waals surface area contributed by atoms with Gasteiger partial charge in [0, 0.05) is 25.6 Å². The van der Waals surface area contributed by atoms with E-state index in [9.17, 15) is 4.79 Å². The summed E-state index contributed by atoms with van der Waals surface area (Å²) >= 11 is 1.62. The second-order valence-corrected chi connectivity index (χ2v) is 5.29. The van der Waals surface area contributed by atoms with E-state index >= 15 is 0 Å². The first-order chi connectivity index (χ1) is 9.53. The molecule has 0 aliphatic rings. The fourth-order valence-corrected chi connectivity index (χ4v) is 2.41. The van der Waals surface area contributed by atoms with E-state index in [-0.39, 0.29) is 24.9 Å². The highest BCUT2D eigenvalue weighted by atomic mass is 35.5. The van der Waals surface area contributed by atoms with Crippen molar-refractivity contribution >= 4 is 30.1 Å². The molecule has 0 aromatic heterocycles. The number of carbonyl (C=O) groups is 1. The minimum Gasteiger partial charge on any atom is -0.496 e. The average Bonchev–Trinajstić information content (AvgIpc) is 2.46. The highest BCUT2D eigenvalue weighted by Crippen LogP contribution is 2.28. The molecule has 0 saturated heterocycles. The zero-order chi connectivity index (χ0) is 15.1. The van der Waals surface area contributed by atoms with Gasteiger partial charge in [-0.15, -0.1) is 24.2 Å². The first-order valence-corrected chi connectivity index (χ1v) is 7.46. The van der Waals surface area contributed by atoms with Crippen molar-refractivity contribution in [1.82, 2.24) is 4.90 Å². The van der Waals surface area contributed by atoms with Crippen LogP contribution in [0.15, 0.2) is 23.1 Å². The molecule has 0 fully saturated rings. The van der Waals surface area contributed by atoms with Gasteiger partial charge in [0.05, 0.1) is 13.7 Å². The first-order valence-electron chi connectivity index (χ1n) is 6.23. The van der Waals surface area contributed by atoms with Crippen molar-refractivity contribution in [2.75, 3.05) is 34.1 Å². The fraction of sp³-hybridized carbons (Fsp3) is 0.500. The Kier molecular flexibility index (Phi) is 9.44. The van der Waals surface area contributed by atoms with Gasteiger partial charge >= 0.3 is 0 Å². The van der Waals surface area contributed by atoms with Crippen molar-refractivity contribution in [2.24, 2.45) is 5.73 Å². The van der Waals surface area contributed by atoms with Crippen molar-refractivity contribution in [3.63, 3.8) is 0 Å². The molecule has 2 N–H and O–H groups in total. The molecule has 1 amide bonds. The Morgan fingerprint density at radius 1 is 1.43 bits per heavy atom. The minimum atomic E-state index is -0.627. The van der Waals surface area contributed by atoms with Gasteiger partial charge in [0.15, 0.2) is 0 Å². The average molecular weight is 335 g/mol. The van der Waals surface area contributed by atoms with Crippen LogP contribution in [0.1, 0.15) is 5.56 Å². The summed E-state index contributed by atoms with van der Waals surface area (Å²) in [4.78, 5) is 14.7. The molecule has 21 heavy (non-hydrogen) atoms. The third-order valence-electron chi connectivity index (χ3n) is 2.91. The van der Waals surface area contributed by atoms with Gasteiger partial charge in [-0.1, -0.05) is 6.07 Å². The Morgan fingerprint density at radius 3 is 2.62 bits per heavy atom. The van der Waals surface area contributed by atoms with Crippen LogP contribution in [0.2, 0.25) is 0 Å². The molecule has 0 aliphatic heterocycles. The monoisotopic (exact) mass is 334 g/mol. The van der Waals surface area contributed by atoms with Crippen LogP contribution in [0.25, 0.3) is 0 Å². The number of rotatable bonds is 7. The van der Waals surface area contributed by atoms with Crippen molar-refractivity contribution < 1.29 is 14.3 Å². The second kappa shape index (κ2) is 9.89. The van der Waals surface area contributed by atoms with Gasteiger partial charge in [0.2, 0.25) is 5.91 Å². The summed E-state index contributed by atoms with van der Waals surface area (Å²) in [7, 11) is 4.90. The predicted octanol–water partition coefficient (Wildman–Crippen LogP) is 1.77. The van der Waals surface area contributed by atoms with E-state index in [1.54, 1.807) is 30.8 Å². The molecule has 0 spiro atoms. The predicted molar refractivity (Wildman–Crippen MR) is 88.3 cm³/mol. The molecule has 5 nitrogen and oxygen atoms in total. The third-order valence-corrected chi connectivity index (χ3v) is 3.68. The Labute approximate surface area is 136 Å². The van der Waals surface area contributed by atoms with E-state index in [1.807, 2.05) is 24.5 Å². The van der Waals surface area contributed by atoms with E-state index in [0.29, 0.717) is 6.54 Å². The number of halogens is 1. The number of benzene rings is 1. The number of hydrogen-bond donors (Lipinski definition) is 1. The topological polar surface area (TPSA) is 64.8 Å². The minimum absolute atomic E-state index is 0. The van der Waals surface area contributed by atoms with E-state index < -0.39 is 6.04 Å². The zero-order valence-corrected chi connectivity index (χ0v) is 14.4. The smallest absolute Gasteiger partial charge is 0.241 e. The SMILES string of the molecule is COCC(N)C(=O)N(C)Cc1ccc(SC)c(OC)c1.Cl. The summed E-state index contributed by atoms with van der Waals surface area (Å²) in [5.74, 6) is 0.678. The molecular formula is C14H23ClN2O3S. The molecular weight excluding hydrogens is 312 g/mol. The molecule has 7 heteroatoms. The summed E-state index contributed by atoms with van der Waals surface area (Å²) < 4.78 is 10.2. The number of ether oxygens (including phenoxy) is 2. The molecule has 0 heterocycles. The lowest BCUT2D eigenvalue weighted by atomic mass is 10.2. The largest absolute Gasteiger partial charge is 0.496 e. The Bertz CT molecular complexity index is 460. The van der Waals surface area contributed by atoms with Crippen molar-refractivity contribution in [3.05, 3.63) is 23.8 Å². The maximum atomic E-state index is 12.0. The van der Waals surface area contributed by atoms with Crippen molar-refractivity contribution in [2.45, 2.75) is 17.5 Å². The van der Waals surface area contributed by atoms with Gasteiger partial charge in [0.25, 0.3) is 0 Å². The third kappa shape index (κ3) is 5.74. The Hall–Kier alpha value is -0.950. The van der Waals surface area contributed by atoms with E-state index in [0.717, 1.165) is 16.2 Å². The molecule has 1 unspecified atom stereocenters.